The third kappa shape index (κ3) is 3.34. The highest BCUT2D eigenvalue weighted by atomic mass is 32.1. The molecule has 0 spiro atoms. The van der Waals surface area contributed by atoms with Crippen molar-refractivity contribution in [3.05, 3.63) is 35.9 Å². The number of nitrogens with zero attached hydrogens (tertiary/aromatic N) is 2. The molecule has 3 atom stereocenters. The van der Waals surface area contributed by atoms with Gasteiger partial charge in [-0.3, -0.25) is 9.59 Å². The summed E-state index contributed by atoms with van der Waals surface area (Å²) in [6.45, 7) is 9.09. The van der Waals surface area contributed by atoms with Crippen molar-refractivity contribution in [3.63, 3.8) is 0 Å². The molecule has 0 unspecified atom stereocenters. The fraction of sp³-hybridized carbons (Fsp3) is 0.500. The first-order valence-electron chi connectivity index (χ1n) is 9.91. The predicted octanol–water partition coefficient (Wildman–Crippen LogP) is 4.46. The van der Waals surface area contributed by atoms with E-state index in [1.165, 1.54) is 16.9 Å². The summed E-state index contributed by atoms with van der Waals surface area (Å²) in [4.78, 5) is 32.4. The quantitative estimate of drug-likeness (QED) is 0.775. The van der Waals surface area contributed by atoms with Gasteiger partial charge in [-0.05, 0) is 50.2 Å². The van der Waals surface area contributed by atoms with Gasteiger partial charge in [-0.25, -0.2) is 4.98 Å². The first kappa shape index (κ1) is 19.1. The number of likely N-dealkylation sites (tertiary alicyclic amines) is 1. The summed E-state index contributed by atoms with van der Waals surface area (Å²) in [5.41, 5.74) is 2.08. The number of benzene rings is 1. The average Bonchev–Trinajstić information content (AvgIpc) is 3.06. The second-order valence-corrected chi connectivity index (χ2v) is 9.77. The number of para-hydroxylation sites is 1. The topological polar surface area (TPSA) is 62.3 Å². The van der Waals surface area contributed by atoms with Crippen LogP contribution in [0.2, 0.25) is 0 Å². The molecule has 2 heterocycles. The average molecular weight is 398 g/mol. The van der Waals surface area contributed by atoms with Crippen molar-refractivity contribution in [1.82, 2.24) is 9.88 Å². The molecule has 1 saturated carbocycles. The lowest BCUT2D eigenvalue weighted by Crippen LogP contribution is -2.44. The van der Waals surface area contributed by atoms with E-state index in [4.69, 9.17) is 0 Å². The molecular formula is C22H27N3O2S. The van der Waals surface area contributed by atoms with Gasteiger partial charge < -0.3 is 10.2 Å². The van der Waals surface area contributed by atoms with Gasteiger partial charge in [-0.15, -0.1) is 0 Å². The second kappa shape index (κ2) is 6.99. The molecule has 2 fully saturated rings. The predicted molar refractivity (Wildman–Crippen MR) is 113 cm³/mol. The highest BCUT2D eigenvalue weighted by molar-refractivity contribution is 7.22. The molecule has 28 heavy (non-hydrogen) atoms. The minimum atomic E-state index is -0.400. The Morgan fingerprint density at radius 2 is 2.04 bits per heavy atom. The molecule has 2 amide bonds. The van der Waals surface area contributed by atoms with E-state index in [2.05, 4.69) is 44.1 Å². The van der Waals surface area contributed by atoms with E-state index in [9.17, 15) is 9.59 Å². The number of anilines is 1. The Hall–Kier alpha value is -2.21. The van der Waals surface area contributed by atoms with E-state index < -0.39 is 6.04 Å². The molecule has 5 nitrogen and oxygen atoms in total. The number of allylic oxidation sites excluding steroid dienone is 2. The largest absolute Gasteiger partial charge is 0.330 e. The van der Waals surface area contributed by atoms with Crippen LogP contribution in [0.1, 0.15) is 40.5 Å². The van der Waals surface area contributed by atoms with Crippen molar-refractivity contribution >= 4 is 38.5 Å². The minimum absolute atomic E-state index is 0.0294. The molecule has 2 aliphatic rings. The van der Waals surface area contributed by atoms with Crippen LogP contribution in [-0.4, -0.2) is 34.3 Å². The van der Waals surface area contributed by atoms with Crippen molar-refractivity contribution in [3.8, 4) is 0 Å². The Balaban J connectivity index is 1.48. The van der Waals surface area contributed by atoms with Gasteiger partial charge in [-0.1, -0.05) is 49.0 Å². The summed E-state index contributed by atoms with van der Waals surface area (Å²) >= 11 is 1.47. The summed E-state index contributed by atoms with van der Waals surface area (Å²) in [7, 11) is 0. The van der Waals surface area contributed by atoms with Crippen LogP contribution < -0.4 is 5.32 Å². The number of hydrogen-bond acceptors (Lipinski definition) is 4. The van der Waals surface area contributed by atoms with Gasteiger partial charge in [0.2, 0.25) is 11.8 Å². The van der Waals surface area contributed by atoms with Crippen LogP contribution in [0.15, 0.2) is 35.9 Å². The molecule has 1 N–H and O–H groups in total. The molecule has 2 aromatic rings. The third-order valence-electron chi connectivity index (χ3n) is 6.05. The monoisotopic (exact) mass is 397 g/mol. The van der Waals surface area contributed by atoms with Crippen molar-refractivity contribution < 1.29 is 9.59 Å². The van der Waals surface area contributed by atoms with Crippen molar-refractivity contribution in [2.75, 3.05) is 11.9 Å². The first-order chi connectivity index (χ1) is 13.3. The number of aromatic nitrogens is 1. The van der Waals surface area contributed by atoms with Gasteiger partial charge in [0.15, 0.2) is 5.13 Å². The van der Waals surface area contributed by atoms with E-state index in [1.54, 1.807) is 4.90 Å². The van der Waals surface area contributed by atoms with Crippen LogP contribution in [0, 0.1) is 17.3 Å². The zero-order valence-electron chi connectivity index (χ0n) is 16.9. The van der Waals surface area contributed by atoms with Gasteiger partial charge in [-0.2, -0.15) is 0 Å². The van der Waals surface area contributed by atoms with E-state index in [0.717, 1.165) is 16.6 Å². The number of thiazole rings is 1. The van der Waals surface area contributed by atoms with Crippen LogP contribution in [0.25, 0.3) is 10.2 Å². The van der Waals surface area contributed by atoms with Crippen LogP contribution in [0.3, 0.4) is 0 Å². The number of carbonyl (C=O) groups excluding carboxylic acids is 2. The Bertz CT molecular complexity index is 925. The van der Waals surface area contributed by atoms with E-state index in [-0.39, 0.29) is 29.1 Å². The lowest BCUT2D eigenvalue weighted by Gasteiger charge is -2.24. The Morgan fingerprint density at radius 3 is 2.75 bits per heavy atom. The summed E-state index contributed by atoms with van der Waals surface area (Å²) in [6, 6.07) is 7.43. The van der Waals surface area contributed by atoms with E-state index in [0.29, 0.717) is 18.1 Å². The van der Waals surface area contributed by atoms with E-state index >= 15 is 0 Å². The SMILES string of the molecule is CC(C)=C[C@@H]1[C@@H](C(=O)N2CCC[C@@H]2C(=O)Nc2nc3ccccc3s2)C1(C)C. The van der Waals surface area contributed by atoms with Gasteiger partial charge in [0, 0.05) is 6.54 Å². The molecule has 1 aliphatic carbocycles. The fourth-order valence-corrected chi connectivity index (χ4v) is 5.28. The Labute approximate surface area is 169 Å². The number of amides is 2. The van der Waals surface area contributed by atoms with Crippen molar-refractivity contribution in [1.29, 1.82) is 0 Å². The van der Waals surface area contributed by atoms with Gasteiger partial charge >= 0.3 is 0 Å². The highest BCUT2D eigenvalue weighted by Gasteiger charge is 2.62. The lowest BCUT2D eigenvalue weighted by molar-refractivity contribution is -0.138. The molecule has 1 aliphatic heterocycles. The van der Waals surface area contributed by atoms with Crippen LogP contribution in [0.5, 0.6) is 0 Å². The van der Waals surface area contributed by atoms with Gasteiger partial charge in [0.25, 0.3) is 0 Å². The lowest BCUT2D eigenvalue weighted by atomic mass is 10.1. The number of nitrogens with one attached hydrogen (secondary N) is 1. The summed E-state index contributed by atoms with van der Waals surface area (Å²) in [6.07, 6.45) is 3.78. The molecule has 148 valence electrons. The second-order valence-electron chi connectivity index (χ2n) is 8.73. The molecule has 1 aromatic heterocycles. The Morgan fingerprint density at radius 1 is 1.29 bits per heavy atom. The number of carbonyl (C=O) groups is 2. The molecule has 6 heteroatoms. The van der Waals surface area contributed by atoms with Crippen molar-refractivity contribution in [2.45, 2.75) is 46.6 Å². The normalized spacial score (nSPS) is 25.6. The highest BCUT2D eigenvalue weighted by Crippen LogP contribution is 2.60. The van der Waals surface area contributed by atoms with E-state index in [1.807, 2.05) is 24.3 Å². The number of fused-ring (bicyclic) bond motifs is 1. The standard InChI is InChI=1S/C22H27N3O2S/c1-13(2)12-14-18(22(14,3)4)20(27)25-11-7-9-16(25)19(26)24-21-23-15-8-5-6-10-17(15)28-21/h5-6,8,10,12,14,16,18H,7,9,11H2,1-4H3,(H,23,24,26)/t14-,16-,18+/m1/s1. The maximum atomic E-state index is 13.2. The molecule has 1 aromatic carbocycles. The summed E-state index contributed by atoms with van der Waals surface area (Å²) in [5, 5.41) is 3.54. The summed E-state index contributed by atoms with van der Waals surface area (Å²) in [5.74, 6) is 0.230. The number of rotatable bonds is 4. The molecule has 1 saturated heterocycles. The van der Waals surface area contributed by atoms with Crippen LogP contribution in [0.4, 0.5) is 5.13 Å². The number of hydrogen-bond donors (Lipinski definition) is 1. The van der Waals surface area contributed by atoms with Gasteiger partial charge in [0.1, 0.15) is 6.04 Å². The molecule has 0 bridgehead atoms. The summed E-state index contributed by atoms with van der Waals surface area (Å²) < 4.78 is 1.04. The fourth-order valence-electron chi connectivity index (χ4n) is 4.42. The smallest absolute Gasteiger partial charge is 0.248 e. The molecular weight excluding hydrogens is 370 g/mol. The van der Waals surface area contributed by atoms with Crippen molar-refractivity contribution in [2.24, 2.45) is 17.3 Å². The first-order valence-corrected chi connectivity index (χ1v) is 10.7. The van der Waals surface area contributed by atoms with Crippen LogP contribution >= 0.6 is 11.3 Å². The van der Waals surface area contributed by atoms with Gasteiger partial charge in [0.05, 0.1) is 16.1 Å². The molecule has 0 radical (unpaired) electrons. The minimum Gasteiger partial charge on any atom is -0.330 e. The maximum Gasteiger partial charge on any atom is 0.248 e. The zero-order valence-corrected chi connectivity index (χ0v) is 17.7. The maximum absolute atomic E-state index is 13.2. The van der Waals surface area contributed by atoms with Crippen LogP contribution in [-0.2, 0) is 9.59 Å². The molecule has 4 rings (SSSR count). The third-order valence-corrected chi connectivity index (χ3v) is 7.00. The Kier molecular flexibility index (Phi) is 4.78. The zero-order chi connectivity index (χ0) is 20.1.